The van der Waals surface area contributed by atoms with E-state index in [9.17, 15) is 9.59 Å². The lowest BCUT2D eigenvalue weighted by atomic mass is 9.95. The molecule has 104 valence electrons. The monoisotopic (exact) mass is 328 g/mol. The molecular formula is C12H17BrN4O2. The number of nitrogens with one attached hydrogen (secondary N) is 1. The molecule has 0 atom stereocenters. The van der Waals surface area contributed by atoms with Crippen LogP contribution in [-0.2, 0) is 11.3 Å². The second-order valence-electron chi connectivity index (χ2n) is 4.78. The van der Waals surface area contributed by atoms with Crippen LogP contribution in [-0.4, -0.2) is 21.7 Å². The quantitative estimate of drug-likeness (QED) is 0.867. The molecule has 7 heteroatoms. The summed E-state index contributed by atoms with van der Waals surface area (Å²) in [6.07, 6.45) is 6.92. The average Bonchev–Trinajstić information content (AvgIpc) is 2.41. The van der Waals surface area contributed by atoms with Crippen LogP contribution >= 0.6 is 15.9 Å². The largest absolute Gasteiger partial charge is 0.396 e. The van der Waals surface area contributed by atoms with Gasteiger partial charge >= 0.3 is 0 Å². The molecule has 0 unspecified atom stereocenters. The van der Waals surface area contributed by atoms with Crippen molar-refractivity contribution < 1.29 is 4.79 Å². The number of hydrogen-bond acceptors (Lipinski definition) is 4. The Morgan fingerprint density at radius 2 is 2.16 bits per heavy atom. The molecule has 1 aliphatic carbocycles. The van der Waals surface area contributed by atoms with E-state index in [1.807, 2.05) is 0 Å². The number of anilines is 1. The van der Waals surface area contributed by atoms with Crippen molar-refractivity contribution in [3.63, 3.8) is 0 Å². The summed E-state index contributed by atoms with van der Waals surface area (Å²) in [5, 5.41) is 6.80. The summed E-state index contributed by atoms with van der Waals surface area (Å²) in [5.41, 5.74) is 5.43. The fourth-order valence-electron chi connectivity index (χ4n) is 2.25. The van der Waals surface area contributed by atoms with Crippen LogP contribution < -0.4 is 16.6 Å². The molecule has 3 N–H and O–H groups in total. The molecule has 2 rings (SSSR count). The highest BCUT2D eigenvalue weighted by Gasteiger charge is 2.17. The van der Waals surface area contributed by atoms with Gasteiger partial charge in [-0.25, -0.2) is 4.68 Å². The van der Waals surface area contributed by atoms with Crippen molar-refractivity contribution in [3.8, 4) is 0 Å². The van der Waals surface area contributed by atoms with Crippen molar-refractivity contribution in [2.24, 2.45) is 0 Å². The van der Waals surface area contributed by atoms with Gasteiger partial charge in [0.15, 0.2) is 0 Å². The molecule has 1 aromatic heterocycles. The lowest BCUT2D eigenvalue weighted by molar-refractivity contribution is -0.122. The summed E-state index contributed by atoms with van der Waals surface area (Å²) in [6, 6.07) is 0.231. The fraction of sp³-hybridized carbons (Fsp3) is 0.583. The minimum Gasteiger partial charge on any atom is -0.396 e. The van der Waals surface area contributed by atoms with Gasteiger partial charge in [-0.1, -0.05) is 19.3 Å². The van der Waals surface area contributed by atoms with E-state index in [4.69, 9.17) is 5.73 Å². The zero-order valence-corrected chi connectivity index (χ0v) is 12.1. The van der Waals surface area contributed by atoms with Crippen LogP contribution in [0.2, 0.25) is 0 Å². The molecule has 6 nitrogen and oxygen atoms in total. The van der Waals surface area contributed by atoms with Crippen LogP contribution in [0.25, 0.3) is 0 Å². The molecule has 0 radical (unpaired) electrons. The Labute approximate surface area is 119 Å². The van der Waals surface area contributed by atoms with Gasteiger partial charge in [0.1, 0.15) is 11.0 Å². The summed E-state index contributed by atoms with van der Waals surface area (Å²) < 4.78 is 1.35. The fourth-order valence-corrected chi connectivity index (χ4v) is 2.55. The highest BCUT2D eigenvalue weighted by Crippen LogP contribution is 2.17. The van der Waals surface area contributed by atoms with Gasteiger partial charge in [0, 0.05) is 6.04 Å². The lowest BCUT2D eigenvalue weighted by Crippen LogP contribution is -2.40. The van der Waals surface area contributed by atoms with Gasteiger partial charge in [-0.05, 0) is 28.8 Å². The van der Waals surface area contributed by atoms with Crippen molar-refractivity contribution in [1.82, 2.24) is 15.1 Å². The Bertz CT molecular complexity index is 523. The molecule has 0 aliphatic heterocycles. The van der Waals surface area contributed by atoms with Crippen molar-refractivity contribution in [3.05, 3.63) is 21.0 Å². The molecule has 19 heavy (non-hydrogen) atoms. The smallest absolute Gasteiger partial charge is 0.283 e. The zero-order valence-electron chi connectivity index (χ0n) is 10.6. The Balaban J connectivity index is 1.99. The van der Waals surface area contributed by atoms with E-state index in [2.05, 4.69) is 26.3 Å². The Morgan fingerprint density at radius 1 is 1.47 bits per heavy atom. The number of nitrogen functional groups attached to an aromatic ring is 1. The second-order valence-corrected chi connectivity index (χ2v) is 5.57. The minimum atomic E-state index is -0.390. The van der Waals surface area contributed by atoms with E-state index >= 15 is 0 Å². The first-order valence-electron chi connectivity index (χ1n) is 6.38. The molecule has 1 aromatic rings. The van der Waals surface area contributed by atoms with E-state index in [-0.39, 0.29) is 28.7 Å². The molecule has 0 aromatic carbocycles. The first-order chi connectivity index (χ1) is 9.08. The molecule has 1 aliphatic rings. The molecule has 1 fully saturated rings. The van der Waals surface area contributed by atoms with E-state index < -0.39 is 5.56 Å². The summed E-state index contributed by atoms with van der Waals surface area (Å²) in [6.45, 7) is -0.0752. The average molecular weight is 329 g/mol. The van der Waals surface area contributed by atoms with Crippen LogP contribution in [0.3, 0.4) is 0 Å². The summed E-state index contributed by atoms with van der Waals surface area (Å²) in [5.74, 6) is -0.182. The van der Waals surface area contributed by atoms with Gasteiger partial charge in [0.2, 0.25) is 5.91 Å². The molecule has 0 spiro atoms. The standard InChI is InChI=1S/C12H17BrN4O2/c13-11-9(14)6-15-17(12(11)19)7-10(18)16-8-4-2-1-3-5-8/h6,8H,1-5,7,14H2,(H,16,18). The van der Waals surface area contributed by atoms with Crippen LogP contribution in [0.15, 0.2) is 15.5 Å². The van der Waals surface area contributed by atoms with Crippen molar-refractivity contribution >= 4 is 27.5 Å². The van der Waals surface area contributed by atoms with Gasteiger partial charge in [-0.3, -0.25) is 9.59 Å². The minimum absolute atomic E-state index is 0.0752. The number of aromatic nitrogens is 2. The molecule has 1 heterocycles. The van der Waals surface area contributed by atoms with Gasteiger partial charge in [-0.15, -0.1) is 0 Å². The zero-order chi connectivity index (χ0) is 13.8. The second kappa shape index (κ2) is 6.18. The summed E-state index contributed by atoms with van der Waals surface area (Å²) >= 11 is 3.09. The predicted molar refractivity (Wildman–Crippen MR) is 75.6 cm³/mol. The van der Waals surface area contributed by atoms with Gasteiger partial charge in [-0.2, -0.15) is 5.10 Å². The van der Waals surface area contributed by atoms with E-state index in [1.54, 1.807) is 0 Å². The number of carbonyl (C=O) groups is 1. The Hall–Kier alpha value is -1.37. The molecule has 0 saturated heterocycles. The molecular weight excluding hydrogens is 312 g/mol. The van der Waals surface area contributed by atoms with Crippen LogP contribution in [0, 0.1) is 0 Å². The Kier molecular flexibility index (Phi) is 4.57. The van der Waals surface area contributed by atoms with Crippen molar-refractivity contribution in [2.75, 3.05) is 5.73 Å². The normalized spacial score (nSPS) is 16.3. The third-order valence-electron chi connectivity index (χ3n) is 3.28. The molecule has 1 saturated carbocycles. The SMILES string of the molecule is Nc1cnn(CC(=O)NC2CCCCC2)c(=O)c1Br. The highest BCUT2D eigenvalue weighted by molar-refractivity contribution is 9.10. The number of amides is 1. The van der Waals surface area contributed by atoms with Crippen molar-refractivity contribution in [2.45, 2.75) is 44.7 Å². The number of hydrogen-bond donors (Lipinski definition) is 2. The van der Waals surface area contributed by atoms with Gasteiger partial charge < -0.3 is 11.1 Å². The van der Waals surface area contributed by atoms with E-state index in [0.717, 1.165) is 30.4 Å². The first kappa shape index (κ1) is 14.0. The molecule has 1 amide bonds. The Morgan fingerprint density at radius 3 is 2.84 bits per heavy atom. The number of nitrogens with zero attached hydrogens (tertiary/aromatic N) is 2. The van der Waals surface area contributed by atoms with Gasteiger partial charge in [0.05, 0.1) is 11.9 Å². The number of halogens is 1. The number of nitrogens with two attached hydrogens (primary N) is 1. The maximum atomic E-state index is 11.9. The summed E-state index contributed by atoms with van der Waals surface area (Å²) in [7, 11) is 0. The van der Waals surface area contributed by atoms with E-state index in [0.29, 0.717) is 0 Å². The summed E-state index contributed by atoms with van der Waals surface area (Å²) in [4.78, 5) is 23.7. The maximum absolute atomic E-state index is 11.9. The molecule has 0 bridgehead atoms. The third kappa shape index (κ3) is 3.56. The third-order valence-corrected chi connectivity index (χ3v) is 4.07. The predicted octanol–water partition coefficient (Wildman–Crippen LogP) is 1.04. The highest BCUT2D eigenvalue weighted by atomic mass is 79.9. The van der Waals surface area contributed by atoms with Crippen LogP contribution in [0.1, 0.15) is 32.1 Å². The van der Waals surface area contributed by atoms with E-state index in [1.165, 1.54) is 12.6 Å². The number of carbonyl (C=O) groups excluding carboxylic acids is 1. The first-order valence-corrected chi connectivity index (χ1v) is 7.17. The number of rotatable bonds is 3. The van der Waals surface area contributed by atoms with Crippen LogP contribution in [0.4, 0.5) is 5.69 Å². The maximum Gasteiger partial charge on any atom is 0.283 e. The topological polar surface area (TPSA) is 90.0 Å². The van der Waals surface area contributed by atoms with Crippen molar-refractivity contribution in [1.29, 1.82) is 0 Å². The lowest BCUT2D eigenvalue weighted by Gasteiger charge is -2.22. The van der Waals surface area contributed by atoms with Gasteiger partial charge in [0.25, 0.3) is 5.56 Å². The van der Waals surface area contributed by atoms with Crippen LogP contribution in [0.5, 0.6) is 0 Å².